The normalized spacial score (nSPS) is 10.4. The molecule has 0 fully saturated rings. The molecule has 1 aromatic heterocycles. The van der Waals surface area contributed by atoms with Crippen molar-refractivity contribution in [1.82, 2.24) is 9.97 Å². The number of carbonyl (C=O) groups excluding carboxylic acids is 1. The highest BCUT2D eigenvalue weighted by Gasteiger charge is 2.28. The fourth-order valence-corrected chi connectivity index (χ4v) is 2.32. The average molecular weight is 345 g/mol. The Bertz CT molecular complexity index is 794. The fraction of sp³-hybridized carbons (Fsp3) is 0.312. The van der Waals surface area contributed by atoms with Gasteiger partial charge in [0.2, 0.25) is 11.6 Å². The van der Waals surface area contributed by atoms with Crippen LogP contribution in [-0.2, 0) is 4.74 Å². The van der Waals surface area contributed by atoms with Crippen molar-refractivity contribution in [2.24, 2.45) is 0 Å². The van der Waals surface area contributed by atoms with Gasteiger partial charge in [0.15, 0.2) is 0 Å². The second-order valence-corrected chi connectivity index (χ2v) is 5.52. The third-order valence-corrected chi connectivity index (χ3v) is 3.40. The van der Waals surface area contributed by atoms with Gasteiger partial charge in [0.25, 0.3) is 0 Å². The first-order chi connectivity index (χ1) is 11.9. The number of para-hydroxylation sites is 1. The van der Waals surface area contributed by atoms with E-state index in [2.05, 4.69) is 15.3 Å². The Balaban J connectivity index is 2.59. The molecule has 0 spiro atoms. The van der Waals surface area contributed by atoms with E-state index in [-0.39, 0.29) is 28.9 Å². The second kappa shape index (κ2) is 7.56. The first-order valence-electron chi connectivity index (χ1n) is 7.53. The minimum absolute atomic E-state index is 0.0471. The van der Waals surface area contributed by atoms with Gasteiger partial charge in [-0.25, -0.2) is 14.8 Å². The van der Waals surface area contributed by atoms with Gasteiger partial charge in [-0.05, 0) is 26.0 Å². The molecule has 1 aromatic carbocycles. The van der Waals surface area contributed by atoms with E-state index in [4.69, 9.17) is 4.74 Å². The van der Waals surface area contributed by atoms with E-state index in [1.165, 1.54) is 18.3 Å². The first-order valence-corrected chi connectivity index (χ1v) is 7.53. The maximum Gasteiger partial charge on any atom is 0.353 e. The zero-order valence-electron chi connectivity index (χ0n) is 14.4. The van der Waals surface area contributed by atoms with Crippen molar-refractivity contribution in [2.75, 3.05) is 24.4 Å². The molecular formula is C16H19N5O4. The maximum atomic E-state index is 12.0. The molecule has 0 radical (unpaired) electrons. The van der Waals surface area contributed by atoms with Crippen LogP contribution in [0, 0.1) is 10.1 Å². The van der Waals surface area contributed by atoms with Crippen molar-refractivity contribution < 1.29 is 14.5 Å². The lowest BCUT2D eigenvalue weighted by Crippen LogP contribution is -2.19. The van der Waals surface area contributed by atoms with Crippen molar-refractivity contribution >= 4 is 29.0 Å². The van der Waals surface area contributed by atoms with Crippen molar-refractivity contribution in [3.05, 3.63) is 46.3 Å². The van der Waals surface area contributed by atoms with Gasteiger partial charge >= 0.3 is 11.7 Å². The molecule has 0 aliphatic heterocycles. The molecular weight excluding hydrogens is 326 g/mol. The molecule has 2 rings (SSSR count). The molecule has 0 atom stereocenters. The molecule has 0 unspecified atom stereocenters. The lowest BCUT2D eigenvalue weighted by Gasteiger charge is -2.21. The summed E-state index contributed by atoms with van der Waals surface area (Å²) in [7, 11) is 2.87. The molecule has 0 aliphatic rings. The van der Waals surface area contributed by atoms with Gasteiger partial charge in [0.1, 0.15) is 6.33 Å². The van der Waals surface area contributed by atoms with Gasteiger partial charge < -0.3 is 15.0 Å². The largest absolute Gasteiger partial charge is 0.465 e. The smallest absolute Gasteiger partial charge is 0.353 e. The van der Waals surface area contributed by atoms with Crippen LogP contribution >= 0.6 is 0 Å². The number of nitro groups is 1. The summed E-state index contributed by atoms with van der Waals surface area (Å²) in [6, 6.07) is 6.60. The predicted molar refractivity (Wildman–Crippen MR) is 93.3 cm³/mol. The number of esters is 1. The highest BCUT2D eigenvalue weighted by Crippen LogP contribution is 2.36. The van der Waals surface area contributed by atoms with E-state index in [0.29, 0.717) is 5.69 Å². The van der Waals surface area contributed by atoms with Crippen LogP contribution in [0.1, 0.15) is 24.2 Å². The van der Waals surface area contributed by atoms with Crippen molar-refractivity contribution in [1.29, 1.82) is 0 Å². The minimum atomic E-state index is -0.544. The number of anilines is 3. The molecule has 2 aromatic rings. The quantitative estimate of drug-likeness (QED) is 0.483. The van der Waals surface area contributed by atoms with Crippen LogP contribution in [0.4, 0.5) is 23.0 Å². The molecule has 0 bridgehead atoms. The maximum absolute atomic E-state index is 12.0. The van der Waals surface area contributed by atoms with Crippen LogP contribution in [0.25, 0.3) is 0 Å². The Morgan fingerprint density at radius 2 is 2.00 bits per heavy atom. The monoisotopic (exact) mass is 345 g/mol. The van der Waals surface area contributed by atoms with E-state index in [9.17, 15) is 14.9 Å². The van der Waals surface area contributed by atoms with E-state index in [1.54, 1.807) is 31.3 Å². The Morgan fingerprint density at radius 3 is 2.60 bits per heavy atom. The number of rotatable bonds is 6. The van der Waals surface area contributed by atoms with Crippen LogP contribution in [0.15, 0.2) is 30.6 Å². The Morgan fingerprint density at radius 1 is 1.32 bits per heavy atom. The van der Waals surface area contributed by atoms with Crippen molar-refractivity contribution in [2.45, 2.75) is 19.9 Å². The van der Waals surface area contributed by atoms with Crippen LogP contribution in [0.2, 0.25) is 0 Å². The molecule has 25 heavy (non-hydrogen) atoms. The summed E-state index contributed by atoms with van der Waals surface area (Å²) in [5, 5.41) is 14.5. The van der Waals surface area contributed by atoms with Gasteiger partial charge in [0, 0.05) is 13.1 Å². The molecule has 0 amide bonds. The number of methoxy groups -OCH3 is 1. The summed E-state index contributed by atoms with van der Waals surface area (Å²) < 4.78 is 4.77. The van der Waals surface area contributed by atoms with Gasteiger partial charge in [-0.3, -0.25) is 10.1 Å². The third kappa shape index (κ3) is 3.82. The molecule has 132 valence electrons. The second-order valence-electron chi connectivity index (χ2n) is 5.52. The summed E-state index contributed by atoms with van der Waals surface area (Å²) in [4.78, 5) is 32.5. The van der Waals surface area contributed by atoms with E-state index >= 15 is 0 Å². The average Bonchev–Trinajstić information content (AvgIpc) is 2.59. The van der Waals surface area contributed by atoms with Crippen LogP contribution in [-0.4, -0.2) is 41.1 Å². The number of carbonyl (C=O) groups is 1. The van der Waals surface area contributed by atoms with Gasteiger partial charge in [-0.15, -0.1) is 0 Å². The number of ether oxygens (including phenoxy) is 1. The Hall–Kier alpha value is -3.23. The summed E-state index contributed by atoms with van der Waals surface area (Å²) in [6.07, 6.45) is 1.24. The molecule has 0 aliphatic carbocycles. The van der Waals surface area contributed by atoms with Crippen molar-refractivity contribution in [3.8, 4) is 0 Å². The zero-order chi connectivity index (χ0) is 18.6. The van der Waals surface area contributed by atoms with E-state index < -0.39 is 10.9 Å². The van der Waals surface area contributed by atoms with E-state index in [1.807, 2.05) is 13.8 Å². The summed E-state index contributed by atoms with van der Waals surface area (Å²) >= 11 is 0. The molecule has 9 nitrogen and oxygen atoms in total. The molecule has 0 saturated heterocycles. The van der Waals surface area contributed by atoms with Crippen molar-refractivity contribution in [3.63, 3.8) is 0 Å². The lowest BCUT2D eigenvalue weighted by molar-refractivity contribution is -0.383. The summed E-state index contributed by atoms with van der Waals surface area (Å²) in [6.45, 7) is 3.70. The molecule has 9 heteroatoms. The highest BCUT2D eigenvalue weighted by molar-refractivity contribution is 5.97. The van der Waals surface area contributed by atoms with Gasteiger partial charge in [-0.1, -0.05) is 12.1 Å². The molecule has 1 N–H and O–H groups in total. The van der Waals surface area contributed by atoms with Gasteiger partial charge in [0.05, 0.1) is 23.3 Å². The number of nitrogens with zero attached hydrogens (tertiary/aromatic N) is 4. The van der Waals surface area contributed by atoms with Gasteiger partial charge in [-0.2, -0.15) is 0 Å². The zero-order valence-corrected chi connectivity index (χ0v) is 14.4. The summed E-state index contributed by atoms with van der Waals surface area (Å²) in [5.41, 5.74) is 0.448. The SMILES string of the molecule is COC(=O)c1ccccc1N(C)c1ncnc(NC(C)C)c1[N+](=O)[O-]. The highest BCUT2D eigenvalue weighted by atomic mass is 16.6. The molecule has 0 saturated carbocycles. The first kappa shape index (κ1) is 18.1. The standard InChI is InChI=1S/C16H19N5O4/c1-10(2)19-14-13(21(23)24)15(18-9-17-14)20(3)12-8-6-5-7-11(12)16(22)25-4/h5-10H,1-4H3,(H,17,18,19). The number of hydrogen-bond acceptors (Lipinski definition) is 8. The van der Waals surface area contributed by atoms with Crippen LogP contribution < -0.4 is 10.2 Å². The van der Waals surface area contributed by atoms with E-state index in [0.717, 1.165) is 0 Å². The van der Waals surface area contributed by atoms with Crippen LogP contribution in [0.3, 0.4) is 0 Å². The van der Waals surface area contributed by atoms with Crippen LogP contribution in [0.5, 0.6) is 0 Å². The predicted octanol–water partition coefficient (Wildman–Crippen LogP) is 2.76. The topological polar surface area (TPSA) is 110 Å². The minimum Gasteiger partial charge on any atom is -0.465 e. The number of hydrogen-bond donors (Lipinski definition) is 1. The summed E-state index contributed by atoms with van der Waals surface area (Å²) in [5.74, 6) is -0.355. The Labute approximate surface area is 144 Å². The number of benzene rings is 1. The third-order valence-electron chi connectivity index (χ3n) is 3.40. The fourth-order valence-electron chi connectivity index (χ4n) is 2.32. The number of aromatic nitrogens is 2. The number of nitrogens with one attached hydrogen (secondary N) is 1. The molecule has 1 heterocycles. The Kier molecular flexibility index (Phi) is 5.48. The lowest BCUT2D eigenvalue weighted by atomic mass is 10.1.